The van der Waals surface area contributed by atoms with Crippen molar-refractivity contribution in [2.75, 3.05) is 12.3 Å². The summed E-state index contributed by atoms with van der Waals surface area (Å²) in [5.74, 6) is -4.86. The van der Waals surface area contributed by atoms with Crippen molar-refractivity contribution in [3.8, 4) is 0 Å². The zero-order valence-corrected chi connectivity index (χ0v) is 19.1. The maximum Gasteiger partial charge on any atom is 0.348 e. The lowest BCUT2D eigenvalue weighted by molar-refractivity contribution is -0.188. The number of hydrogen-bond donors (Lipinski definition) is 4. The molecule has 1 saturated heterocycles. The van der Waals surface area contributed by atoms with Crippen LogP contribution in [0.1, 0.15) is 27.2 Å². The minimum absolute atomic E-state index is 0.0145. The van der Waals surface area contributed by atoms with E-state index in [-0.39, 0.29) is 38.4 Å². The van der Waals surface area contributed by atoms with Gasteiger partial charge in [0.25, 0.3) is 5.60 Å². The highest BCUT2D eigenvalue weighted by Gasteiger charge is 2.50. The number of thiophene rings is 1. The van der Waals surface area contributed by atoms with Crippen LogP contribution in [0.3, 0.4) is 0 Å². The second kappa shape index (κ2) is 9.33. The number of carboxylic acid groups (broad SMARTS) is 3. The molecule has 35 heavy (non-hydrogen) atoms. The number of alkyl halides is 1. The predicted molar refractivity (Wildman–Crippen MR) is 117 cm³/mol. The van der Waals surface area contributed by atoms with Gasteiger partial charge in [-0.1, -0.05) is 0 Å². The maximum atomic E-state index is 14.9. The lowest BCUT2D eigenvalue weighted by atomic mass is 9.98. The van der Waals surface area contributed by atoms with Crippen LogP contribution in [0.2, 0.25) is 5.28 Å². The van der Waals surface area contributed by atoms with Crippen molar-refractivity contribution in [1.82, 2.24) is 19.5 Å². The van der Waals surface area contributed by atoms with Crippen molar-refractivity contribution in [3.63, 3.8) is 0 Å². The maximum absolute atomic E-state index is 14.9. The number of nitrogen functional groups attached to an aromatic ring is 1. The number of nitrogens with zero attached hydrogens (tertiary/aromatic N) is 4. The summed E-state index contributed by atoms with van der Waals surface area (Å²) in [5.41, 5.74) is 3.31. The Morgan fingerprint density at radius 2 is 2.00 bits per heavy atom. The Morgan fingerprint density at radius 3 is 2.63 bits per heavy atom. The molecule has 1 aliphatic heterocycles. The molecule has 0 amide bonds. The number of imidazole rings is 1. The molecule has 3 aromatic rings. The quantitative estimate of drug-likeness (QED) is 0.231. The number of aliphatic carboxylic acids is 2. The second-order valence-electron chi connectivity index (χ2n) is 7.60. The zero-order chi connectivity index (χ0) is 25.5. The number of aromatic carboxylic acids is 1. The Morgan fingerprint density at radius 1 is 1.29 bits per heavy atom. The van der Waals surface area contributed by atoms with E-state index in [1.807, 2.05) is 0 Å². The molecular weight excluding hydrogens is 513 g/mol. The average molecular weight is 530 g/mol. The van der Waals surface area contributed by atoms with Crippen LogP contribution in [0.4, 0.5) is 10.2 Å². The van der Waals surface area contributed by atoms with E-state index in [4.69, 9.17) is 31.9 Å². The summed E-state index contributed by atoms with van der Waals surface area (Å²) in [5, 5.41) is 28.2. The first-order valence-corrected chi connectivity index (χ1v) is 11.1. The third kappa shape index (κ3) is 4.62. The van der Waals surface area contributed by atoms with E-state index in [9.17, 15) is 29.0 Å². The summed E-state index contributed by atoms with van der Waals surface area (Å²) in [6, 6.07) is 2.54. The minimum Gasteiger partial charge on any atom is -0.479 e. The molecule has 3 unspecified atom stereocenters. The van der Waals surface area contributed by atoms with Crippen molar-refractivity contribution in [2.45, 2.75) is 36.9 Å². The molecule has 0 saturated carbocycles. The molecule has 16 heteroatoms. The third-order valence-corrected chi connectivity index (χ3v) is 6.57. The zero-order valence-electron chi connectivity index (χ0n) is 17.5. The summed E-state index contributed by atoms with van der Waals surface area (Å²) in [4.78, 5) is 46.9. The Labute approximate surface area is 203 Å². The molecule has 0 radical (unpaired) electrons. The SMILES string of the molecule is Nc1nc(Cl)nc2c1ncn2C1OC(COC(Cc2ccc(C(=O)O)s2)(C(=O)O)C(=O)O)CC1F. The first-order chi connectivity index (χ1) is 16.5. The summed E-state index contributed by atoms with van der Waals surface area (Å²) >= 11 is 6.55. The van der Waals surface area contributed by atoms with Crippen LogP contribution in [0.25, 0.3) is 11.2 Å². The lowest BCUT2D eigenvalue weighted by Gasteiger charge is -2.26. The van der Waals surface area contributed by atoms with E-state index in [0.717, 1.165) is 11.3 Å². The molecule has 0 aliphatic carbocycles. The standard InChI is InChI=1S/C19H17ClFN5O8S/c20-18-24-12(22)11-13(25-18)26(6-23-11)14-9(21)3-7(34-14)5-33-19(16(29)30,17(31)32)4-8-1-2-10(35-8)15(27)28/h1-2,6-7,9,14H,3-5H2,(H,27,28)(H,29,30)(H,31,32)(H2,22,24,25). The predicted octanol–water partition coefficient (Wildman–Crippen LogP) is 1.61. The van der Waals surface area contributed by atoms with Crippen LogP contribution >= 0.6 is 22.9 Å². The number of rotatable bonds is 9. The highest BCUT2D eigenvalue weighted by Crippen LogP contribution is 2.35. The van der Waals surface area contributed by atoms with Gasteiger partial charge >= 0.3 is 17.9 Å². The van der Waals surface area contributed by atoms with Gasteiger partial charge in [-0.25, -0.2) is 23.8 Å². The summed E-state index contributed by atoms with van der Waals surface area (Å²) in [7, 11) is 0. The molecule has 3 aromatic heterocycles. The third-order valence-electron chi connectivity index (χ3n) is 5.33. The number of carboxylic acids is 3. The Kier molecular flexibility index (Phi) is 6.59. The second-order valence-corrected chi connectivity index (χ2v) is 9.10. The van der Waals surface area contributed by atoms with Crippen molar-refractivity contribution < 1.29 is 43.6 Å². The van der Waals surface area contributed by atoms with E-state index in [0.29, 0.717) is 0 Å². The first-order valence-electron chi connectivity index (χ1n) is 9.89. The lowest BCUT2D eigenvalue weighted by Crippen LogP contribution is -2.52. The highest BCUT2D eigenvalue weighted by molar-refractivity contribution is 7.13. The largest absolute Gasteiger partial charge is 0.479 e. The summed E-state index contributed by atoms with van der Waals surface area (Å²) in [6.45, 7) is -0.572. The monoisotopic (exact) mass is 529 g/mol. The van der Waals surface area contributed by atoms with Crippen LogP contribution in [-0.4, -0.2) is 77.2 Å². The summed E-state index contributed by atoms with van der Waals surface area (Å²) in [6.07, 6.45) is -3.50. The molecule has 4 heterocycles. The molecule has 5 N–H and O–H groups in total. The number of nitrogens with two attached hydrogens (primary N) is 1. The van der Waals surface area contributed by atoms with E-state index in [2.05, 4.69) is 15.0 Å². The van der Waals surface area contributed by atoms with Gasteiger partial charge in [0.05, 0.1) is 19.0 Å². The van der Waals surface area contributed by atoms with Gasteiger partial charge in [0.2, 0.25) is 5.28 Å². The average Bonchev–Trinajstić information content (AvgIpc) is 3.49. The van der Waals surface area contributed by atoms with Crippen molar-refractivity contribution in [1.29, 1.82) is 0 Å². The first kappa shape index (κ1) is 24.7. The van der Waals surface area contributed by atoms with Gasteiger partial charge in [-0.2, -0.15) is 9.97 Å². The van der Waals surface area contributed by atoms with Crippen molar-refractivity contribution in [2.24, 2.45) is 0 Å². The summed E-state index contributed by atoms with van der Waals surface area (Å²) < 4.78 is 27.1. The number of ether oxygens (including phenoxy) is 2. The van der Waals surface area contributed by atoms with E-state index in [1.165, 1.54) is 23.0 Å². The molecule has 0 bridgehead atoms. The van der Waals surface area contributed by atoms with Gasteiger partial charge in [-0.15, -0.1) is 11.3 Å². The van der Waals surface area contributed by atoms with Crippen LogP contribution in [0.5, 0.6) is 0 Å². The molecule has 3 atom stereocenters. The van der Waals surface area contributed by atoms with Gasteiger partial charge in [0.1, 0.15) is 16.6 Å². The topological polar surface area (TPSA) is 200 Å². The normalized spacial score (nSPS) is 20.3. The fourth-order valence-electron chi connectivity index (χ4n) is 3.64. The molecule has 1 aliphatic rings. The fourth-order valence-corrected chi connectivity index (χ4v) is 4.72. The van der Waals surface area contributed by atoms with Crippen LogP contribution in [0, 0.1) is 0 Å². The van der Waals surface area contributed by atoms with Gasteiger partial charge in [0.15, 0.2) is 17.7 Å². The van der Waals surface area contributed by atoms with Crippen LogP contribution < -0.4 is 5.73 Å². The number of anilines is 1. The number of fused-ring (bicyclic) bond motifs is 1. The Hall–Kier alpha value is -3.40. The molecule has 4 rings (SSSR count). The van der Waals surface area contributed by atoms with Crippen molar-refractivity contribution in [3.05, 3.63) is 33.5 Å². The smallest absolute Gasteiger partial charge is 0.348 e. The Balaban J connectivity index is 1.52. The van der Waals surface area contributed by atoms with Crippen LogP contribution in [-0.2, 0) is 25.5 Å². The molecule has 186 valence electrons. The number of aromatic nitrogens is 4. The molecule has 0 spiro atoms. The number of halogens is 2. The van der Waals surface area contributed by atoms with Crippen molar-refractivity contribution >= 4 is 57.8 Å². The highest BCUT2D eigenvalue weighted by atomic mass is 35.5. The molecular formula is C19H17ClFN5O8S. The van der Waals surface area contributed by atoms with E-state index in [1.54, 1.807) is 0 Å². The molecule has 0 aromatic carbocycles. The fraction of sp³-hybridized carbons (Fsp3) is 0.368. The van der Waals surface area contributed by atoms with Gasteiger partial charge < -0.3 is 30.5 Å². The minimum atomic E-state index is -2.75. The van der Waals surface area contributed by atoms with E-state index < -0.39 is 55.0 Å². The number of hydrogen-bond acceptors (Lipinski definition) is 10. The van der Waals surface area contributed by atoms with Gasteiger partial charge in [-0.05, 0) is 23.7 Å². The van der Waals surface area contributed by atoms with Gasteiger partial charge in [-0.3, -0.25) is 4.57 Å². The molecule has 1 fully saturated rings. The molecule has 13 nitrogen and oxygen atoms in total. The van der Waals surface area contributed by atoms with Gasteiger partial charge in [0, 0.05) is 17.7 Å². The van der Waals surface area contributed by atoms with Crippen LogP contribution in [0.15, 0.2) is 18.5 Å². The Bertz CT molecular complexity index is 1300. The number of carbonyl (C=O) groups is 3. The van der Waals surface area contributed by atoms with E-state index >= 15 is 0 Å².